The Hall–Kier alpha value is -2.25. The maximum absolute atomic E-state index is 11.9. The second-order valence-corrected chi connectivity index (χ2v) is 4.34. The highest BCUT2D eigenvalue weighted by Gasteiger charge is 2.53. The van der Waals surface area contributed by atoms with Gasteiger partial charge in [-0.2, -0.15) is 0 Å². The minimum atomic E-state index is -1.06. The number of fused-ring (bicyclic) bond motifs is 1. The van der Waals surface area contributed by atoms with Crippen molar-refractivity contribution in [3.8, 4) is 0 Å². The largest absolute Gasteiger partial charge is 0.384 e. The summed E-state index contributed by atoms with van der Waals surface area (Å²) < 4.78 is 4.97. The van der Waals surface area contributed by atoms with Crippen LogP contribution in [0.25, 0.3) is 0 Å². The van der Waals surface area contributed by atoms with E-state index in [1.165, 1.54) is 18.3 Å². The van der Waals surface area contributed by atoms with Gasteiger partial charge in [0.05, 0.1) is 5.70 Å². The summed E-state index contributed by atoms with van der Waals surface area (Å²) in [5, 5.41) is 12.2. The predicted octanol–water partition coefficient (Wildman–Crippen LogP) is -1.30. The van der Waals surface area contributed by atoms with E-state index in [1.807, 2.05) is 0 Å². The number of pyridine rings is 1. The van der Waals surface area contributed by atoms with Gasteiger partial charge in [0.15, 0.2) is 5.78 Å². The quantitative estimate of drug-likeness (QED) is 0.573. The summed E-state index contributed by atoms with van der Waals surface area (Å²) >= 11 is 0. The average molecular weight is 262 g/mol. The molecule has 3 N–H and O–H groups in total. The number of aliphatic hydroxyl groups is 1. The van der Waals surface area contributed by atoms with Crippen LogP contribution in [0.4, 0.5) is 0 Å². The van der Waals surface area contributed by atoms with Crippen LogP contribution in [0.2, 0.25) is 0 Å². The molecule has 3 unspecified atom stereocenters. The molecule has 0 radical (unpaired) electrons. The zero-order valence-corrected chi connectivity index (χ0v) is 9.62. The van der Waals surface area contributed by atoms with Gasteiger partial charge in [0.2, 0.25) is 0 Å². The number of carbonyl (C=O) groups is 2. The van der Waals surface area contributed by atoms with Gasteiger partial charge >= 0.3 is 0 Å². The standard InChI is InChI=1S/C12H10N2O5/c15-7-4-6(8(16)10-9(7)19-10)14-12(18)5-2-1-3-13-11(5)17/h1-4,8-10,16H,(H,13,17)(H,14,18). The molecule has 1 saturated heterocycles. The number of epoxide rings is 1. The molecule has 7 heteroatoms. The zero-order valence-electron chi connectivity index (χ0n) is 9.62. The molecule has 0 spiro atoms. The summed E-state index contributed by atoms with van der Waals surface area (Å²) in [6.07, 6.45) is 0.278. The highest BCUT2D eigenvalue weighted by Crippen LogP contribution is 2.33. The first-order valence-corrected chi connectivity index (χ1v) is 5.66. The first-order valence-electron chi connectivity index (χ1n) is 5.66. The van der Waals surface area contributed by atoms with Crippen LogP contribution in [0.15, 0.2) is 34.9 Å². The number of aromatic amines is 1. The van der Waals surface area contributed by atoms with Gasteiger partial charge in [-0.05, 0) is 12.1 Å². The van der Waals surface area contributed by atoms with Crippen molar-refractivity contribution in [2.45, 2.75) is 18.3 Å². The van der Waals surface area contributed by atoms with Crippen LogP contribution >= 0.6 is 0 Å². The van der Waals surface area contributed by atoms with Crippen LogP contribution < -0.4 is 10.9 Å². The van der Waals surface area contributed by atoms with Crippen LogP contribution in [-0.4, -0.2) is 40.1 Å². The van der Waals surface area contributed by atoms with E-state index in [4.69, 9.17) is 4.74 Å². The van der Waals surface area contributed by atoms with Gasteiger partial charge in [-0.25, -0.2) is 0 Å². The predicted molar refractivity (Wildman–Crippen MR) is 62.3 cm³/mol. The third kappa shape index (κ3) is 1.98. The van der Waals surface area contributed by atoms with Gasteiger partial charge in [0, 0.05) is 12.3 Å². The molecular weight excluding hydrogens is 252 g/mol. The number of amides is 1. The lowest BCUT2D eigenvalue weighted by Crippen LogP contribution is -2.39. The normalized spacial score (nSPS) is 28.4. The van der Waals surface area contributed by atoms with Gasteiger partial charge in [-0.15, -0.1) is 0 Å². The van der Waals surface area contributed by atoms with Crippen LogP contribution in [0, 0.1) is 0 Å². The molecule has 0 saturated carbocycles. The number of hydrogen-bond acceptors (Lipinski definition) is 5. The molecule has 3 atom stereocenters. The van der Waals surface area contributed by atoms with Crippen LogP contribution in [-0.2, 0) is 9.53 Å². The van der Waals surface area contributed by atoms with Crippen molar-refractivity contribution in [3.05, 3.63) is 46.0 Å². The van der Waals surface area contributed by atoms with Crippen molar-refractivity contribution in [3.63, 3.8) is 0 Å². The van der Waals surface area contributed by atoms with E-state index in [2.05, 4.69) is 10.3 Å². The Balaban J connectivity index is 1.82. The molecule has 2 aliphatic rings. The number of hydrogen-bond donors (Lipinski definition) is 3. The minimum Gasteiger partial charge on any atom is -0.384 e. The Morgan fingerprint density at radius 2 is 2.21 bits per heavy atom. The van der Waals surface area contributed by atoms with Crippen molar-refractivity contribution in [2.75, 3.05) is 0 Å². The molecule has 1 aromatic heterocycles. The first kappa shape index (κ1) is 11.8. The Morgan fingerprint density at radius 3 is 2.95 bits per heavy atom. The van der Waals surface area contributed by atoms with Crippen molar-refractivity contribution < 1.29 is 19.4 Å². The fourth-order valence-corrected chi connectivity index (χ4v) is 2.00. The monoisotopic (exact) mass is 262 g/mol. The number of ether oxygens (including phenoxy) is 1. The molecule has 0 aromatic carbocycles. The maximum Gasteiger partial charge on any atom is 0.261 e. The molecule has 1 aromatic rings. The van der Waals surface area contributed by atoms with E-state index in [9.17, 15) is 19.5 Å². The first-order chi connectivity index (χ1) is 9.08. The Labute approximate surface area is 106 Å². The smallest absolute Gasteiger partial charge is 0.261 e. The molecule has 0 bridgehead atoms. The van der Waals surface area contributed by atoms with Crippen LogP contribution in [0.3, 0.4) is 0 Å². The Bertz CT molecular complexity index is 648. The highest BCUT2D eigenvalue weighted by molar-refractivity contribution is 6.00. The Morgan fingerprint density at radius 1 is 1.42 bits per heavy atom. The number of H-pyrrole nitrogens is 1. The van der Waals surface area contributed by atoms with Gasteiger partial charge in [0.1, 0.15) is 23.9 Å². The summed E-state index contributed by atoms with van der Waals surface area (Å²) in [6, 6.07) is 2.86. The third-order valence-electron chi connectivity index (χ3n) is 3.05. The zero-order chi connectivity index (χ0) is 13.6. The van der Waals surface area contributed by atoms with Gasteiger partial charge in [0.25, 0.3) is 11.5 Å². The van der Waals surface area contributed by atoms with Crippen molar-refractivity contribution in [1.82, 2.24) is 10.3 Å². The van der Waals surface area contributed by atoms with Gasteiger partial charge in [-0.1, -0.05) is 0 Å². The lowest BCUT2D eigenvalue weighted by Gasteiger charge is -2.16. The summed E-state index contributed by atoms with van der Waals surface area (Å²) in [4.78, 5) is 37.1. The molecule has 3 rings (SSSR count). The van der Waals surface area contributed by atoms with Gasteiger partial charge in [-0.3, -0.25) is 14.4 Å². The van der Waals surface area contributed by atoms with E-state index in [0.717, 1.165) is 6.08 Å². The van der Waals surface area contributed by atoms with Crippen LogP contribution in [0.1, 0.15) is 10.4 Å². The fourth-order valence-electron chi connectivity index (χ4n) is 2.00. The Kier molecular flexibility index (Phi) is 2.58. The summed E-state index contributed by atoms with van der Waals surface area (Å²) in [5.74, 6) is -0.980. The molecule has 98 valence electrons. The molecular formula is C12H10N2O5. The van der Waals surface area contributed by atoms with E-state index >= 15 is 0 Å². The number of rotatable bonds is 2. The molecule has 19 heavy (non-hydrogen) atoms. The molecule has 1 amide bonds. The second-order valence-electron chi connectivity index (χ2n) is 4.34. The molecule has 2 heterocycles. The SMILES string of the molecule is O=C(NC1=CC(=O)C2OC2C1O)c1ccc[nH]c1=O. The number of nitrogens with one attached hydrogen (secondary N) is 2. The van der Waals surface area contributed by atoms with E-state index in [-0.39, 0.29) is 17.0 Å². The van der Waals surface area contributed by atoms with Crippen molar-refractivity contribution >= 4 is 11.7 Å². The number of aliphatic hydroxyl groups excluding tert-OH is 1. The number of aromatic nitrogens is 1. The maximum atomic E-state index is 11.9. The lowest BCUT2D eigenvalue weighted by molar-refractivity contribution is -0.116. The number of carbonyl (C=O) groups excluding carboxylic acids is 2. The summed E-state index contributed by atoms with van der Waals surface area (Å²) in [5.41, 5.74) is -0.586. The second kappa shape index (κ2) is 4.15. The molecule has 1 fully saturated rings. The third-order valence-corrected chi connectivity index (χ3v) is 3.05. The topological polar surface area (TPSA) is 112 Å². The van der Waals surface area contributed by atoms with Crippen molar-refractivity contribution in [1.29, 1.82) is 0 Å². The molecule has 7 nitrogen and oxygen atoms in total. The molecule has 1 aliphatic heterocycles. The average Bonchev–Trinajstić information content (AvgIpc) is 3.17. The van der Waals surface area contributed by atoms with E-state index in [0.29, 0.717) is 0 Å². The lowest BCUT2D eigenvalue weighted by atomic mass is 10.0. The van der Waals surface area contributed by atoms with Crippen LogP contribution in [0.5, 0.6) is 0 Å². The highest BCUT2D eigenvalue weighted by atomic mass is 16.6. The summed E-state index contributed by atoms with van der Waals surface area (Å²) in [7, 11) is 0. The van der Waals surface area contributed by atoms with E-state index in [1.54, 1.807) is 0 Å². The minimum absolute atomic E-state index is 0.0528. The van der Waals surface area contributed by atoms with Crippen molar-refractivity contribution in [2.24, 2.45) is 0 Å². The fraction of sp³-hybridized carbons (Fsp3) is 0.250. The molecule has 1 aliphatic carbocycles. The van der Waals surface area contributed by atoms with Gasteiger partial charge < -0.3 is 20.1 Å². The van der Waals surface area contributed by atoms with E-state index < -0.39 is 29.8 Å². The number of ketones is 1. The summed E-state index contributed by atoms with van der Waals surface area (Å²) in [6.45, 7) is 0.